The maximum absolute atomic E-state index is 13.6. The molecule has 154 valence electrons. The number of rotatable bonds is 3. The zero-order chi connectivity index (χ0) is 19.8. The zero-order valence-electron chi connectivity index (χ0n) is 16.4. The van der Waals surface area contributed by atoms with Crippen molar-refractivity contribution in [2.24, 2.45) is 5.92 Å². The predicted octanol–water partition coefficient (Wildman–Crippen LogP) is 1.71. The van der Waals surface area contributed by atoms with Crippen LogP contribution in [0.5, 0.6) is 0 Å². The zero-order valence-corrected chi connectivity index (χ0v) is 17.2. The van der Waals surface area contributed by atoms with Gasteiger partial charge >= 0.3 is 0 Å². The first-order valence-electron chi connectivity index (χ1n) is 10.4. The van der Waals surface area contributed by atoms with E-state index in [0.717, 1.165) is 38.2 Å². The standard InChI is InChI=1S/C21H26N4O3S/c26-19-4-1-3-18-16-9-17(13-23(12-16)11-15-10-22-29-14-15)20(25(18)19)21(27)24-5-2-7-28-8-6-24/h1,3-4,10,14,16-17,20H,2,5-9,11-13H2/t16-,17+,20-/m1/s1. The second-order valence-corrected chi connectivity index (χ2v) is 8.97. The van der Waals surface area contributed by atoms with Crippen LogP contribution in [0.4, 0.5) is 0 Å². The first-order chi connectivity index (χ1) is 14.2. The summed E-state index contributed by atoms with van der Waals surface area (Å²) in [6.45, 7) is 5.15. The summed E-state index contributed by atoms with van der Waals surface area (Å²) in [7, 11) is 0. The van der Waals surface area contributed by atoms with Crippen LogP contribution in [0.1, 0.15) is 36.1 Å². The van der Waals surface area contributed by atoms with E-state index in [2.05, 4.69) is 14.7 Å². The van der Waals surface area contributed by atoms with Crippen LogP contribution in [0.2, 0.25) is 0 Å². The second-order valence-electron chi connectivity index (χ2n) is 8.31. The normalized spacial score (nSPS) is 27.3. The van der Waals surface area contributed by atoms with Gasteiger partial charge in [-0.2, -0.15) is 0 Å². The topological polar surface area (TPSA) is 67.7 Å². The summed E-state index contributed by atoms with van der Waals surface area (Å²) >= 11 is 1.47. The summed E-state index contributed by atoms with van der Waals surface area (Å²) in [6, 6.07) is 5.03. The highest BCUT2D eigenvalue weighted by Gasteiger charge is 2.44. The highest BCUT2D eigenvalue weighted by molar-refractivity contribution is 7.03. The van der Waals surface area contributed by atoms with Gasteiger partial charge in [-0.25, -0.2) is 4.37 Å². The predicted molar refractivity (Wildman–Crippen MR) is 110 cm³/mol. The van der Waals surface area contributed by atoms with Crippen molar-refractivity contribution < 1.29 is 9.53 Å². The van der Waals surface area contributed by atoms with Gasteiger partial charge in [0.1, 0.15) is 6.04 Å². The third-order valence-corrected chi connectivity index (χ3v) is 7.03. The van der Waals surface area contributed by atoms with Crippen LogP contribution in [0, 0.1) is 5.92 Å². The van der Waals surface area contributed by atoms with Crippen molar-refractivity contribution >= 4 is 17.4 Å². The molecule has 2 aromatic heterocycles. The minimum Gasteiger partial charge on any atom is -0.380 e. The fraction of sp³-hybridized carbons (Fsp3) is 0.571. The van der Waals surface area contributed by atoms with Crippen molar-refractivity contribution in [1.82, 2.24) is 18.7 Å². The van der Waals surface area contributed by atoms with Crippen LogP contribution < -0.4 is 5.56 Å². The number of aromatic nitrogens is 2. The Hall–Kier alpha value is -2.03. The molecule has 5 rings (SSSR count). The van der Waals surface area contributed by atoms with Crippen molar-refractivity contribution in [3.05, 3.63) is 51.4 Å². The van der Waals surface area contributed by atoms with Crippen LogP contribution in [0.25, 0.3) is 0 Å². The van der Waals surface area contributed by atoms with Gasteiger partial charge in [0, 0.05) is 74.5 Å². The van der Waals surface area contributed by atoms with E-state index in [4.69, 9.17) is 4.74 Å². The lowest BCUT2D eigenvalue weighted by Crippen LogP contribution is -2.54. The quantitative estimate of drug-likeness (QED) is 0.765. The average Bonchev–Trinajstić information content (AvgIpc) is 3.07. The Bertz CT molecular complexity index is 920. The van der Waals surface area contributed by atoms with E-state index in [0.29, 0.717) is 26.3 Å². The Morgan fingerprint density at radius 1 is 1.24 bits per heavy atom. The van der Waals surface area contributed by atoms with Gasteiger partial charge in [0.25, 0.3) is 5.56 Å². The number of hydrogen-bond acceptors (Lipinski definition) is 6. The number of nitrogens with zero attached hydrogens (tertiary/aromatic N) is 4. The molecule has 3 aliphatic heterocycles. The van der Waals surface area contributed by atoms with E-state index in [1.807, 2.05) is 23.2 Å². The van der Waals surface area contributed by atoms with Crippen molar-refractivity contribution in [3.63, 3.8) is 0 Å². The van der Waals surface area contributed by atoms with Crippen molar-refractivity contribution in [1.29, 1.82) is 0 Å². The van der Waals surface area contributed by atoms with Crippen molar-refractivity contribution in [3.8, 4) is 0 Å². The molecule has 2 fully saturated rings. The Balaban J connectivity index is 1.48. The number of fused-ring (bicyclic) bond motifs is 4. The first kappa shape index (κ1) is 19.0. The summed E-state index contributed by atoms with van der Waals surface area (Å²) in [5.41, 5.74) is 2.16. The maximum atomic E-state index is 13.6. The van der Waals surface area contributed by atoms with Crippen LogP contribution in [-0.2, 0) is 16.1 Å². The molecule has 0 radical (unpaired) electrons. The molecule has 0 aliphatic carbocycles. The third kappa shape index (κ3) is 3.65. The summed E-state index contributed by atoms with van der Waals surface area (Å²) < 4.78 is 11.6. The lowest BCUT2D eigenvalue weighted by Gasteiger charge is -2.47. The lowest BCUT2D eigenvalue weighted by molar-refractivity contribution is -0.138. The SMILES string of the molecule is O=C([C@H]1[C@H]2C[C@H](CN(Cc3cnsc3)C2)c2cccc(=O)n21)N1CCCOCC1. The third-order valence-electron chi connectivity index (χ3n) is 6.40. The number of piperidine rings is 1. The van der Waals surface area contributed by atoms with Gasteiger partial charge in [0.2, 0.25) is 5.91 Å². The van der Waals surface area contributed by atoms with E-state index in [9.17, 15) is 9.59 Å². The minimum absolute atomic E-state index is 0.0582. The van der Waals surface area contributed by atoms with E-state index in [1.54, 1.807) is 10.6 Å². The molecule has 0 aromatic carbocycles. The summed E-state index contributed by atoms with van der Waals surface area (Å²) in [6.07, 6.45) is 3.73. The summed E-state index contributed by atoms with van der Waals surface area (Å²) in [4.78, 5) is 30.8. The summed E-state index contributed by atoms with van der Waals surface area (Å²) in [5, 5.41) is 2.09. The molecule has 0 N–H and O–H groups in total. The average molecular weight is 415 g/mol. The Kier molecular flexibility index (Phi) is 5.24. The fourth-order valence-corrected chi connectivity index (χ4v) is 5.72. The van der Waals surface area contributed by atoms with Crippen LogP contribution in [0.3, 0.4) is 0 Å². The summed E-state index contributed by atoms with van der Waals surface area (Å²) in [5.74, 6) is 0.503. The van der Waals surface area contributed by atoms with E-state index in [-0.39, 0.29) is 23.3 Å². The van der Waals surface area contributed by atoms with Gasteiger partial charge in [-0.15, -0.1) is 0 Å². The molecule has 2 saturated heterocycles. The molecule has 3 aliphatic rings. The van der Waals surface area contributed by atoms with Gasteiger partial charge in [-0.3, -0.25) is 19.1 Å². The number of carbonyl (C=O) groups excluding carboxylic acids is 1. The Morgan fingerprint density at radius 3 is 3.03 bits per heavy atom. The fourth-order valence-electron chi connectivity index (χ4n) is 5.19. The van der Waals surface area contributed by atoms with Gasteiger partial charge in [0.15, 0.2) is 0 Å². The number of ether oxygens (including phenoxy) is 1. The molecular weight excluding hydrogens is 388 g/mol. The number of likely N-dealkylation sites (tertiary alicyclic amines) is 1. The lowest BCUT2D eigenvalue weighted by atomic mass is 9.78. The van der Waals surface area contributed by atoms with E-state index < -0.39 is 6.04 Å². The molecule has 2 bridgehead atoms. The monoisotopic (exact) mass is 414 g/mol. The molecule has 29 heavy (non-hydrogen) atoms. The van der Waals surface area contributed by atoms with Crippen LogP contribution in [-0.4, -0.2) is 64.0 Å². The maximum Gasteiger partial charge on any atom is 0.251 e. The van der Waals surface area contributed by atoms with Crippen LogP contribution >= 0.6 is 11.5 Å². The molecule has 8 heteroatoms. The van der Waals surface area contributed by atoms with Gasteiger partial charge < -0.3 is 9.64 Å². The number of amides is 1. The van der Waals surface area contributed by atoms with Gasteiger partial charge in [-0.05, 0) is 36.0 Å². The highest BCUT2D eigenvalue weighted by Crippen LogP contribution is 2.42. The molecule has 3 atom stereocenters. The Morgan fingerprint density at radius 2 is 2.17 bits per heavy atom. The number of carbonyl (C=O) groups is 1. The number of hydrogen-bond donors (Lipinski definition) is 0. The molecule has 0 saturated carbocycles. The van der Waals surface area contributed by atoms with Crippen molar-refractivity contribution in [2.75, 3.05) is 39.4 Å². The largest absolute Gasteiger partial charge is 0.380 e. The first-order valence-corrected chi connectivity index (χ1v) is 11.2. The molecular formula is C21H26N4O3S. The second kappa shape index (κ2) is 8.01. The molecule has 5 heterocycles. The molecule has 7 nitrogen and oxygen atoms in total. The highest BCUT2D eigenvalue weighted by atomic mass is 32.1. The van der Waals surface area contributed by atoms with Gasteiger partial charge in [-0.1, -0.05) is 6.07 Å². The number of pyridine rings is 1. The molecule has 1 amide bonds. The van der Waals surface area contributed by atoms with Gasteiger partial charge in [0.05, 0.1) is 6.61 Å². The molecule has 2 aromatic rings. The smallest absolute Gasteiger partial charge is 0.251 e. The molecule has 0 unspecified atom stereocenters. The minimum atomic E-state index is -0.420. The van der Waals surface area contributed by atoms with Crippen LogP contribution in [0.15, 0.2) is 34.6 Å². The Labute approximate surface area is 174 Å². The van der Waals surface area contributed by atoms with E-state index in [1.165, 1.54) is 17.1 Å². The molecule has 0 spiro atoms. The van der Waals surface area contributed by atoms with Crippen molar-refractivity contribution in [2.45, 2.75) is 31.3 Å². The van der Waals surface area contributed by atoms with E-state index >= 15 is 0 Å².